The quantitative estimate of drug-likeness (QED) is 0.809. The van der Waals surface area contributed by atoms with E-state index in [0.717, 1.165) is 12.8 Å². The molecule has 1 aliphatic rings. The standard InChI is InChI=1S/C15H28N2O3/c1-11(10-18)9-16-13(19)12-5-7-17(8-6-12)14(20)15(2,3)4/h11-12,18H,5-10H2,1-4H3,(H,16,19). The lowest BCUT2D eigenvalue weighted by atomic mass is 9.90. The molecular formula is C15H28N2O3. The second-order valence-electron chi connectivity index (χ2n) is 6.85. The van der Waals surface area contributed by atoms with Crippen LogP contribution in [-0.2, 0) is 9.59 Å². The Morgan fingerprint density at radius 2 is 1.85 bits per heavy atom. The van der Waals surface area contributed by atoms with Crippen LogP contribution >= 0.6 is 0 Å². The summed E-state index contributed by atoms with van der Waals surface area (Å²) in [5.41, 5.74) is -0.356. The zero-order valence-electron chi connectivity index (χ0n) is 13.1. The largest absolute Gasteiger partial charge is 0.396 e. The van der Waals surface area contributed by atoms with Gasteiger partial charge in [0.25, 0.3) is 0 Å². The molecule has 1 rings (SSSR count). The Morgan fingerprint density at radius 1 is 1.30 bits per heavy atom. The topological polar surface area (TPSA) is 69.6 Å². The van der Waals surface area contributed by atoms with E-state index in [0.29, 0.717) is 19.6 Å². The van der Waals surface area contributed by atoms with E-state index in [1.807, 2.05) is 32.6 Å². The molecule has 0 aromatic heterocycles. The molecule has 0 bridgehead atoms. The highest BCUT2D eigenvalue weighted by Crippen LogP contribution is 2.23. The first kappa shape index (κ1) is 17.0. The fourth-order valence-electron chi connectivity index (χ4n) is 2.30. The van der Waals surface area contributed by atoms with Gasteiger partial charge in [-0.05, 0) is 18.8 Å². The van der Waals surface area contributed by atoms with E-state index in [2.05, 4.69) is 5.32 Å². The highest BCUT2D eigenvalue weighted by Gasteiger charge is 2.32. The molecule has 2 amide bonds. The van der Waals surface area contributed by atoms with Gasteiger partial charge in [0.2, 0.25) is 11.8 Å². The second kappa shape index (κ2) is 7.07. The van der Waals surface area contributed by atoms with Crippen LogP contribution in [0.3, 0.4) is 0 Å². The molecule has 0 saturated carbocycles. The van der Waals surface area contributed by atoms with Gasteiger partial charge >= 0.3 is 0 Å². The smallest absolute Gasteiger partial charge is 0.227 e. The molecule has 1 heterocycles. The number of hydrogen-bond donors (Lipinski definition) is 2. The number of carbonyl (C=O) groups is 2. The fraction of sp³-hybridized carbons (Fsp3) is 0.867. The molecule has 5 heteroatoms. The summed E-state index contributed by atoms with van der Waals surface area (Å²) in [4.78, 5) is 26.0. The minimum Gasteiger partial charge on any atom is -0.396 e. The number of piperidine rings is 1. The van der Waals surface area contributed by atoms with Crippen molar-refractivity contribution in [2.24, 2.45) is 17.3 Å². The van der Waals surface area contributed by atoms with Gasteiger partial charge in [-0.25, -0.2) is 0 Å². The van der Waals surface area contributed by atoms with E-state index in [4.69, 9.17) is 5.11 Å². The molecule has 1 aliphatic heterocycles. The number of nitrogens with zero attached hydrogens (tertiary/aromatic N) is 1. The van der Waals surface area contributed by atoms with E-state index >= 15 is 0 Å². The first-order chi connectivity index (χ1) is 9.25. The molecule has 1 fully saturated rings. The van der Waals surface area contributed by atoms with Gasteiger partial charge in [-0.1, -0.05) is 27.7 Å². The normalized spacial score (nSPS) is 18.8. The minimum absolute atomic E-state index is 0.00934. The molecule has 116 valence electrons. The van der Waals surface area contributed by atoms with E-state index < -0.39 is 0 Å². The van der Waals surface area contributed by atoms with Crippen LogP contribution in [0.4, 0.5) is 0 Å². The number of amides is 2. The van der Waals surface area contributed by atoms with Gasteiger partial charge in [0.1, 0.15) is 0 Å². The summed E-state index contributed by atoms with van der Waals surface area (Å²) in [6.45, 7) is 9.56. The van der Waals surface area contributed by atoms with Crippen LogP contribution in [0.5, 0.6) is 0 Å². The third kappa shape index (κ3) is 4.78. The molecular weight excluding hydrogens is 256 g/mol. The molecule has 1 saturated heterocycles. The van der Waals surface area contributed by atoms with Crippen LogP contribution in [0, 0.1) is 17.3 Å². The third-order valence-electron chi connectivity index (χ3n) is 3.73. The fourth-order valence-corrected chi connectivity index (χ4v) is 2.30. The molecule has 0 aromatic carbocycles. The Labute approximate surface area is 121 Å². The molecule has 0 aromatic rings. The van der Waals surface area contributed by atoms with E-state index in [1.165, 1.54) is 0 Å². The maximum absolute atomic E-state index is 12.1. The van der Waals surface area contributed by atoms with Crippen LogP contribution < -0.4 is 5.32 Å². The van der Waals surface area contributed by atoms with Gasteiger partial charge in [-0.2, -0.15) is 0 Å². The first-order valence-corrected chi connectivity index (χ1v) is 7.43. The Kier molecular flexibility index (Phi) is 5.99. The van der Waals surface area contributed by atoms with Crippen LogP contribution in [0.15, 0.2) is 0 Å². The zero-order chi connectivity index (χ0) is 15.3. The summed E-state index contributed by atoms with van der Waals surface area (Å²) < 4.78 is 0. The van der Waals surface area contributed by atoms with Crippen molar-refractivity contribution >= 4 is 11.8 Å². The third-order valence-corrected chi connectivity index (χ3v) is 3.73. The monoisotopic (exact) mass is 284 g/mol. The molecule has 0 radical (unpaired) electrons. The lowest BCUT2D eigenvalue weighted by molar-refractivity contribution is -0.142. The molecule has 1 atom stereocenters. The molecule has 20 heavy (non-hydrogen) atoms. The average Bonchev–Trinajstić information content (AvgIpc) is 2.42. The maximum Gasteiger partial charge on any atom is 0.227 e. The Balaban J connectivity index is 2.38. The summed E-state index contributed by atoms with van der Waals surface area (Å²) in [5.74, 6) is 0.282. The van der Waals surface area contributed by atoms with Crippen molar-refractivity contribution in [1.29, 1.82) is 0 Å². The Morgan fingerprint density at radius 3 is 2.30 bits per heavy atom. The zero-order valence-corrected chi connectivity index (χ0v) is 13.1. The Bertz CT molecular complexity index is 342. The number of aliphatic hydroxyl groups excluding tert-OH is 1. The summed E-state index contributed by atoms with van der Waals surface area (Å²) >= 11 is 0. The van der Waals surface area contributed by atoms with Crippen molar-refractivity contribution in [3.63, 3.8) is 0 Å². The average molecular weight is 284 g/mol. The molecule has 5 nitrogen and oxygen atoms in total. The summed E-state index contributed by atoms with van der Waals surface area (Å²) in [7, 11) is 0. The van der Waals surface area contributed by atoms with Crippen molar-refractivity contribution in [3.8, 4) is 0 Å². The van der Waals surface area contributed by atoms with E-state index in [9.17, 15) is 9.59 Å². The maximum atomic E-state index is 12.1. The number of rotatable bonds is 4. The summed E-state index contributed by atoms with van der Waals surface area (Å²) in [6.07, 6.45) is 1.45. The van der Waals surface area contributed by atoms with Crippen LogP contribution in [0.25, 0.3) is 0 Å². The first-order valence-electron chi connectivity index (χ1n) is 7.43. The highest BCUT2D eigenvalue weighted by atomic mass is 16.3. The van der Waals surface area contributed by atoms with Gasteiger partial charge < -0.3 is 15.3 Å². The minimum atomic E-state index is -0.356. The van der Waals surface area contributed by atoms with E-state index in [-0.39, 0.29) is 35.7 Å². The molecule has 0 spiro atoms. The second-order valence-corrected chi connectivity index (χ2v) is 6.85. The summed E-state index contributed by atoms with van der Waals surface area (Å²) in [6, 6.07) is 0. The molecule has 0 aliphatic carbocycles. The predicted octanol–water partition coefficient (Wildman–Crippen LogP) is 1.02. The van der Waals surface area contributed by atoms with Crippen LogP contribution in [0.1, 0.15) is 40.5 Å². The summed E-state index contributed by atoms with van der Waals surface area (Å²) in [5, 5.41) is 11.8. The lowest BCUT2D eigenvalue weighted by Crippen LogP contribution is -2.47. The SMILES string of the molecule is CC(CO)CNC(=O)C1CCN(C(=O)C(C)(C)C)CC1. The highest BCUT2D eigenvalue weighted by molar-refractivity contribution is 5.82. The van der Waals surface area contributed by atoms with Gasteiger partial charge in [0.15, 0.2) is 0 Å². The van der Waals surface area contributed by atoms with Crippen molar-refractivity contribution in [1.82, 2.24) is 10.2 Å². The lowest BCUT2D eigenvalue weighted by Gasteiger charge is -2.35. The molecule has 2 N–H and O–H groups in total. The number of nitrogens with one attached hydrogen (secondary N) is 1. The number of hydrogen-bond acceptors (Lipinski definition) is 3. The van der Waals surface area contributed by atoms with Gasteiger partial charge in [0.05, 0.1) is 0 Å². The molecule has 1 unspecified atom stereocenters. The number of carbonyl (C=O) groups excluding carboxylic acids is 2. The Hall–Kier alpha value is -1.10. The van der Waals surface area contributed by atoms with Gasteiger partial charge in [0, 0.05) is 37.6 Å². The predicted molar refractivity (Wildman–Crippen MR) is 78.0 cm³/mol. The van der Waals surface area contributed by atoms with Crippen molar-refractivity contribution < 1.29 is 14.7 Å². The van der Waals surface area contributed by atoms with Crippen LogP contribution in [-0.4, -0.2) is 48.1 Å². The van der Waals surface area contributed by atoms with Gasteiger partial charge in [-0.3, -0.25) is 9.59 Å². The van der Waals surface area contributed by atoms with Crippen molar-refractivity contribution in [2.45, 2.75) is 40.5 Å². The van der Waals surface area contributed by atoms with Crippen molar-refractivity contribution in [3.05, 3.63) is 0 Å². The number of aliphatic hydroxyl groups is 1. The number of likely N-dealkylation sites (tertiary alicyclic amines) is 1. The van der Waals surface area contributed by atoms with Crippen molar-refractivity contribution in [2.75, 3.05) is 26.2 Å². The van der Waals surface area contributed by atoms with Crippen LogP contribution in [0.2, 0.25) is 0 Å². The van der Waals surface area contributed by atoms with E-state index in [1.54, 1.807) is 0 Å². The van der Waals surface area contributed by atoms with Gasteiger partial charge in [-0.15, -0.1) is 0 Å².